The van der Waals surface area contributed by atoms with E-state index in [2.05, 4.69) is 39.8 Å². The van der Waals surface area contributed by atoms with Gasteiger partial charge in [0.15, 0.2) is 0 Å². The van der Waals surface area contributed by atoms with E-state index >= 15 is 0 Å². The number of hydrogen-bond donors (Lipinski definition) is 0. The molecule has 1 aromatic heterocycles. The van der Waals surface area contributed by atoms with Gasteiger partial charge in [0.1, 0.15) is 0 Å². The minimum Gasteiger partial charge on any atom is -0.261 e. The number of unbranched alkanes of at least 4 members (excludes halogenated alkanes) is 4. The third-order valence-electron chi connectivity index (χ3n) is 5.32. The largest absolute Gasteiger partial charge is 0.261 e. The first-order valence-electron chi connectivity index (χ1n) is 10.7. The second kappa shape index (κ2) is 13.4. The molecular formula is C23H41N. The van der Waals surface area contributed by atoms with E-state index in [9.17, 15) is 0 Å². The molecule has 0 radical (unpaired) electrons. The van der Waals surface area contributed by atoms with Crippen LogP contribution < -0.4 is 0 Å². The summed E-state index contributed by atoms with van der Waals surface area (Å²) in [6.45, 7) is 9.24. The van der Waals surface area contributed by atoms with Gasteiger partial charge in [-0.1, -0.05) is 85.1 Å². The van der Waals surface area contributed by atoms with Gasteiger partial charge in [0.25, 0.3) is 0 Å². The van der Waals surface area contributed by atoms with Gasteiger partial charge in [0.2, 0.25) is 0 Å². The summed E-state index contributed by atoms with van der Waals surface area (Å²) in [5.41, 5.74) is 3.02. The lowest BCUT2D eigenvalue weighted by Crippen LogP contribution is -2.10. The van der Waals surface area contributed by atoms with Gasteiger partial charge in [-0.05, 0) is 43.2 Å². The van der Waals surface area contributed by atoms with E-state index in [-0.39, 0.29) is 0 Å². The maximum atomic E-state index is 4.92. The molecule has 0 aliphatic heterocycles. The van der Waals surface area contributed by atoms with Crippen molar-refractivity contribution in [2.75, 3.05) is 0 Å². The fourth-order valence-electron chi connectivity index (χ4n) is 3.79. The normalized spacial score (nSPS) is 11.6. The molecule has 0 aliphatic rings. The maximum absolute atomic E-state index is 4.92. The van der Waals surface area contributed by atoms with Crippen molar-refractivity contribution in [3.05, 3.63) is 29.6 Å². The van der Waals surface area contributed by atoms with Gasteiger partial charge in [-0.25, -0.2) is 0 Å². The van der Waals surface area contributed by atoms with Crippen LogP contribution in [0.25, 0.3) is 0 Å². The highest BCUT2D eigenvalue weighted by atomic mass is 14.7. The monoisotopic (exact) mass is 331 g/mol. The molecule has 0 aliphatic carbocycles. The first kappa shape index (κ1) is 21.2. The van der Waals surface area contributed by atoms with Gasteiger partial charge in [-0.3, -0.25) is 4.98 Å². The maximum Gasteiger partial charge on any atom is 0.0469 e. The fourth-order valence-corrected chi connectivity index (χ4v) is 3.79. The average Bonchev–Trinajstić information content (AvgIpc) is 2.62. The van der Waals surface area contributed by atoms with Crippen LogP contribution in [0.3, 0.4) is 0 Å². The summed E-state index contributed by atoms with van der Waals surface area (Å²) in [7, 11) is 0. The number of pyridine rings is 1. The third-order valence-corrected chi connectivity index (χ3v) is 5.32. The molecule has 0 bridgehead atoms. The lowest BCUT2D eigenvalue weighted by atomic mass is 9.82. The van der Waals surface area contributed by atoms with Crippen LogP contribution in [0, 0.1) is 0 Å². The van der Waals surface area contributed by atoms with Gasteiger partial charge in [0, 0.05) is 17.8 Å². The Labute approximate surface area is 151 Å². The second-order valence-corrected chi connectivity index (χ2v) is 7.44. The summed E-state index contributed by atoms with van der Waals surface area (Å²) in [6.07, 6.45) is 17.9. The van der Waals surface area contributed by atoms with E-state index < -0.39 is 0 Å². The Morgan fingerprint density at radius 1 is 0.708 bits per heavy atom. The molecule has 1 heterocycles. The quantitative estimate of drug-likeness (QED) is 0.336. The molecular weight excluding hydrogens is 290 g/mol. The molecule has 0 amide bonds. The van der Waals surface area contributed by atoms with Gasteiger partial charge in [-0.15, -0.1) is 0 Å². The summed E-state index contributed by atoms with van der Waals surface area (Å²) < 4.78 is 0. The molecule has 0 unspecified atom stereocenters. The molecule has 1 nitrogen and oxygen atoms in total. The zero-order valence-corrected chi connectivity index (χ0v) is 16.8. The van der Waals surface area contributed by atoms with Crippen molar-refractivity contribution < 1.29 is 0 Å². The van der Waals surface area contributed by atoms with Crippen LogP contribution in [-0.2, 0) is 0 Å². The van der Waals surface area contributed by atoms with Crippen LogP contribution >= 0.6 is 0 Å². The Hall–Kier alpha value is -0.850. The van der Waals surface area contributed by atoms with Crippen molar-refractivity contribution in [2.24, 2.45) is 0 Å². The van der Waals surface area contributed by atoms with E-state index in [0.29, 0.717) is 5.92 Å². The Morgan fingerprint density at radius 3 is 1.62 bits per heavy atom. The van der Waals surface area contributed by atoms with Gasteiger partial charge >= 0.3 is 0 Å². The van der Waals surface area contributed by atoms with Gasteiger partial charge in [0.05, 0.1) is 0 Å². The van der Waals surface area contributed by atoms with Crippen LogP contribution in [-0.4, -0.2) is 4.98 Å². The molecule has 0 N–H and O–H groups in total. The smallest absolute Gasteiger partial charge is 0.0469 e. The zero-order valence-electron chi connectivity index (χ0n) is 16.8. The third kappa shape index (κ3) is 7.36. The Balaban J connectivity index is 3.01. The molecule has 0 saturated carbocycles. The predicted molar refractivity (Wildman–Crippen MR) is 108 cm³/mol. The molecule has 138 valence electrons. The Morgan fingerprint density at radius 2 is 1.17 bits per heavy atom. The summed E-state index contributed by atoms with van der Waals surface area (Å²) in [5, 5.41) is 0. The highest BCUT2D eigenvalue weighted by Gasteiger charge is 2.21. The van der Waals surface area contributed by atoms with Crippen LogP contribution in [0.4, 0.5) is 0 Å². The predicted octanol–water partition coefficient (Wildman–Crippen LogP) is 8.01. The second-order valence-electron chi connectivity index (χ2n) is 7.44. The average molecular weight is 332 g/mol. The molecule has 0 spiro atoms. The summed E-state index contributed by atoms with van der Waals surface area (Å²) in [4.78, 5) is 4.92. The van der Waals surface area contributed by atoms with E-state index in [1.807, 2.05) is 6.20 Å². The number of rotatable bonds is 14. The SMILES string of the molecule is CCCCC(CCCC)c1cccnc1C(CCCC)CCCC. The first-order chi connectivity index (χ1) is 11.8. The van der Waals surface area contributed by atoms with Crippen LogP contribution in [0.2, 0.25) is 0 Å². The van der Waals surface area contributed by atoms with E-state index in [1.54, 1.807) is 5.56 Å². The van der Waals surface area contributed by atoms with Crippen molar-refractivity contribution in [3.8, 4) is 0 Å². The number of hydrogen-bond acceptors (Lipinski definition) is 1. The number of nitrogens with zero attached hydrogens (tertiary/aromatic N) is 1. The minimum absolute atomic E-state index is 0.673. The standard InChI is InChI=1S/C23H41N/c1-5-9-14-20(15-10-6-2)22-18-13-19-24-23(22)21(16-11-7-3)17-12-8-4/h13,18-21H,5-12,14-17H2,1-4H3. The lowest BCUT2D eigenvalue weighted by Gasteiger charge is -2.24. The van der Waals surface area contributed by atoms with Crippen molar-refractivity contribution in [3.63, 3.8) is 0 Å². The molecule has 0 fully saturated rings. The Bertz CT molecular complexity index is 357. The fraction of sp³-hybridized carbons (Fsp3) is 0.783. The summed E-state index contributed by atoms with van der Waals surface area (Å²) in [6, 6.07) is 4.56. The van der Waals surface area contributed by atoms with Gasteiger partial charge in [-0.2, -0.15) is 0 Å². The van der Waals surface area contributed by atoms with E-state index in [1.165, 1.54) is 82.7 Å². The van der Waals surface area contributed by atoms with Crippen molar-refractivity contribution in [2.45, 2.75) is 117 Å². The van der Waals surface area contributed by atoms with E-state index in [4.69, 9.17) is 4.98 Å². The summed E-state index contributed by atoms with van der Waals surface area (Å²) >= 11 is 0. The van der Waals surface area contributed by atoms with E-state index in [0.717, 1.165) is 5.92 Å². The summed E-state index contributed by atoms with van der Waals surface area (Å²) in [5.74, 6) is 1.39. The molecule has 24 heavy (non-hydrogen) atoms. The van der Waals surface area contributed by atoms with Crippen molar-refractivity contribution in [1.29, 1.82) is 0 Å². The minimum atomic E-state index is 0.673. The number of aromatic nitrogens is 1. The highest BCUT2D eigenvalue weighted by Crippen LogP contribution is 2.36. The zero-order chi connectivity index (χ0) is 17.6. The molecule has 0 aromatic carbocycles. The highest BCUT2D eigenvalue weighted by molar-refractivity contribution is 5.27. The molecule has 1 aromatic rings. The Kier molecular flexibility index (Phi) is 11.9. The molecule has 0 saturated heterocycles. The van der Waals surface area contributed by atoms with Crippen molar-refractivity contribution in [1.82, 2.24) is 4.98 Å². The van der Waals surface area contributed by atoms with Gasteiger partial charge < -0.3 is 0 Å². The van der Waals surface area contributed by atoms with Crippen molar-refractivity contribution >= 4 is 0 Å². The molecule has 0 atom stereocenters. The van der Waals surface area contributed by atoms with Crippen LogP contribution in [0.15, 0.2) is 18.3 Å². The molecule has 1 rings (SSSR count). The first-order valence-corrected chi connectivity index (χ1v) is 10.7. The molecule has 1 heteroatoms. The van der Waals surface area contributed by atoms with Crippen LogP contribution in [0.5, 0.6) is 0 Å². The lowest BCUT2D eigenvalue weighted by molar-refractivity contribution is 0.484. The topological polar surface area (TPSA) is 12.9 Å². The van der Waals surface area contributed by atoms with Crippen LogP contribution in [0.1, 0.15) is 128 Å².